The summed E-state index contributed by atoms with van der Waals surface area (Å²) in [5.74, 6) is 0.0480. The van der Waals surface area contributed by atoms with Crippen LogP contribution in [0.15, 0.2) is 42.9 Å². The number of nitrogens with one attached hydrogen (secondary N) is 1. The minimum Gasteiger partial charge on any atom is -0.496 e. The summed E-state index contributed by atoms with van der Waals surface area (Å²) in [6.45, 7) is 0.486. The summed E-state index contributed by atoms with van der Waals surface area (Å²) < 4.78 is 13.8. The van der Waals surface area contributed by atoms with E-state index in [0.717, 1.165) is 0 Å². The number of benzene rings is 1. The molecule has 4 N–H and O–H groups in total. The Morgan fingerprint density at radius 1 is 1.36 bits per heavy atom. The van der Waals surface area contributed by atoms with Crippen LogP contribution in [0, 0.1) is 0 Å². The van der Waals surface area contributed by atoms with Crippen LogP contribution in [-0.2, 0) is 4.74 Å². The lowest BCUT2D eigenvalue weighted by Crippen LogP contribution is -2.22. The molecule has 1 fully saturated rings. The molecule has 1 aliphatic heterocycles. The molecule has 2 atom stereocenters. The molecule has 0 radical (unpaired) electrons. The average Bonchev–Trinajstić information content (AvgIpc) is 3.49. The van der Waals surface area contributed by atoms with E-state index in [4.69, 9.17) is 26.8 Å². The van der Waals surface area contributed by atoms with Gasteiger partial charge in [-0.25, -0.2) is 9.50 Å². The third-order valence-corrected chi connectivity index (χ3v) is 5.64. The van der Waals surface area contributed by atoms with Crippen LogP contribution in [0.1, 0.15) is 16.4 Å². The first-order valence-electron chi connectivity index (χ1n) is 10.1. The molecule has 1 saturated heterocycles. The molecule has 170 valence electrons. The van der Waals surface area contributed by atoms with Gasteiger partial charge in [-0.15, -0.1) is 5.10 Å². The van der Waals surface area contributed by atoms with E-state index in [-0.39, 0.29) is 24.6 Å². The van der Waals surface area contributed by atoms with E-state index in [1.165, 1.54) is 11.6 Å². The normalized spacial score (nSPS) is 18.0. The third-order valence-electron chi connectivity index (χ3n) is 5.41. The molecule has 4 aromatic rings. The minimum atomic E-state index is -0.734. The Bertz CT molecular complexity index is 1350. The topological polar surface area (TPSA) is 142 Å². The summed E-state index contributed by atoms with van der Waals surface area (Å²) in [6.07, 6.45) is 4.10. The number of methoxy groups -OCH3 is 1. The average molecular weight is 470 g/mol. The SMILES string of the molecule is COc1ccc(Cl)cc1-c1nn(C2COCC2O)cc1NC(=O)c1c(N)nn2cccnc12. The number of nitrogens with two attached hydrogens (primary N) is 1. The second-order valence-corrected chi connectivity index (χ2v) is 7.93. The lowest BCUT2D eigenvalue weighted by atomic mass is 10.1. The van der Waals surface area contributed by atoms with Crippen molar-refractivity contribution >= 4 is 34.7 Å². The Morgan fingerprint density at radius 2 is 2.21 bits per heavy atom. The van der Waals surface area contributed by atoms with E-state index < -0.39 is 18.1 Å². The zero-order chi connectivity index (χ0) is 23.1. The second-order valence-electron chi connectivity index (χ2n) is 7.49. The number of aliphatic hydroxyl groups is 1. The summed E-state index contributed by atoms with van der Waals surface area (Å²) >= 11 is 6.23. The number of amides is 1. The number of ether oxygens (including phenoxy) is 2. The molecule has 33 heavy (non-hydrogen) atoms. The highest BCUT2D eigenvalue weighted by Crippen LogP contribution is 2.37. The van der Waals surface area contributed by atoms with Gasteiger partial charge in [-0.3, -0.25) is 9.48 Å². The van der Waals surface area contributed by atoms with Crippen molar-refractivity contribution in [2.45, 2.75) is 12.1 Å². The fourth-order valence-electron chi connectivity index (χ4n) is 3.81. The number of aromatic nitrogens is 5. The van der Waals surface area contributed by atoms with Gasteiger partial charge in [0.1, 0.15) is 29.2 Å². The van der Waals surface area contributed by atoms with Crippen molar-refractivity contribution in [3.8, 4) is 17.0 Å². The summed E-state index contributed by atoms with van der Waals surface area (Å²) in [4.78, 5) is 17.5. The number of nitrogen functional groups attached to an aromatic ring is 1. The van der Waals surface area contributed by atoms with Crippen molar-refractivity contribution in [3.63, 3.8) is 0 Å². The first-order chi connectivity index (χ1) is 16.0. The van der Waals surface area contributed by atoms with Gasteiger partial charge in [0.05, 0.1) is 26.0 Å². The van der Waals surface area contributed by atoms with Gasteiger partial charge >= 0.3 is 0 Å². The maximum Gasteiger partial charge on any atom is 0.263 e. The Kier molecular flexibility index (Phi) is 5.36. The van der Waals surface area contributed by atoms with Crippen LogP contribution >= 0.6 is 11.6 Å². The van der Waals surface area contributed by atoms with E-state index in [1.807, 2.05) is 0 Å². The molecule has 11 nitrogen and oxygen atoms in total. The summed E-state index contributed by atoms with van der Waals surface area (Å²) in [5.41, 5.74) is 7.81. The van der Waals surface area contributed by atoms with Crippen molar-refractivity contribution in [2.75, 3.05) is 31.4 Å². The Morgan fingerprint density at radius 3 is 2.97 bits per heavy atom. The molecule has 0 saturated carbocycles. The van der Waals surface area contributed by atoms with E-state index in [0.29, 0.717) is 33.4 Å². The highest BCUT2D eigenvalue weighted by atomic mass is 35.5. The van der Waals surface area contributed by atoms with Crippen LogP contribution in [0.4, 0.5) is 11.5 Å². The zero-order valence-corrected chi connectivity index (χ0v) is 18.2. The molecule has 0 bridgehead atoms. The van der Waals surface area contributed by atoms with Gasteiger partial charge in [-0.1, -0.05) is 11.6 Å². The van der Waals surface area contributed by atoms with Crippen molar-refractivity contribution in [2.24, 2.45) is 0 Å². The fraction of sp³-hybridized carbons (Fsp3) is 0.238. The molecule has 0 spiro atoms. The quantitative estimate of drug-likeness (QED) is 0.403. The smallest absolute Gasteiger partial charge is 0.263 e. The number of halogens is 1. The van der Waals surface area contributed by atoms with E-state index in [2.05, 4.69) is 20.5 Å². The van der Waals surface area contributed by atoms with Crippen LogP contribution in [0.5, 0.6) is 5.75 Å². The predicted octanol–water partition coefficient (Wildman–Crippen LogP) is 2.02. The molecule has 0 aliphatic carbocycles. The van der Waals surface area contributed by atoms with Crippen molar-refractivity contribution in [3.05, 3.63) is 53.4 Å². The van der Waals surface area contributed by atoms with Crippen LogP contribution in [-0.4, -0.2) is 61.8 Å². The Hall–Kier alpha value is -3.67. The number of carbonyl (C=O) groups is 1. The van der Waals surface area contributed by atoms with Crippen molar-refractivity contribution in [1.82, 2.24) is 24.4 Å². The van der Waals surface area contributed by atoms with Gasteiger partial charge in [0.25, 0.3) is 5.91 Å². The monoisotopic (exact) mass is 469 g/mol. The minimum absolute atomic E-state index is 0.0418. The van der Waals surface area contributed by atoms with Gasteiger partial charge in [0.15, 0.2) is 11.5 Å². The largest absolute Gasteiger partial charge is 0.496 e. The van der Waals surface area contributed by atoms with Gasteiger partial charge in [-0.05, 0) is 24.3 Å². The number of rotatable bonds is 5. The third kappa shape index (κ3) is 3.75. The number of carbonyl (C=O) groups excluding carboxylic acids is 1. The van der Waals surface area contributed by atoms with Gasteiger partial charge in [0, 0.05) is 29.2 Å². The number of fused-ring (bicyclic) bond motifs is 1. The summed E-state index contributed by atoms with van der Waals surface area (Å²) in [6, 6.07) is 6.37. The van der Waals surface area contributed by atoms with E-state index >= 15 is 0 Å². The van der Waals surface area contributed by atoms with Crippen molar-refractivity contribution in [1.29, 1.82) is 0 Å². The number of hydrogen-bond donors (Lipinski definition) is 3. The van der Waals surface area contributed by atoms with Crippen LogP contribution in [0.3, 0.4) is 0 Å². The van der Waals surface area contributed by atoms with Gasteiger partial charge in [-0.2, -0.15) is 5.10 Å². The molecule has 3 aromatic heterocycles. The molecule has 1 aliphatic rings. The predicted molar refractivity (Wildman–Crippen MR) is 120 cm³/mol. The maximum absolute atomic E-state index is 13.3. The first-order valence-corrected chi connectivity index (χ1v) is 10.4. The second kappa shape index (κ2) is 8.35. The molecule has 5 rings (SSSR count). The number of anilines is 2. The van der Waals surface area contributed by atoms with E-state index in [9.17, 15) is 9.90 Å². The molecular weight excluding hydrogens is 450 g/mol. The zero-order valence-electron chi connectivity index (χ0n) is 17.5. The highest BCUT2D eigenvalue weighted by Gasteiger charge is 2.31. The molecule has 4 heterocycles. The van der Waals surface area contributed by atoms with Crippen molar-refractivity contribution < 1.29 is 19.4 Å². The first kappa shape index (κ1) is 21.2. The molecule has 2 unspecified atom stereocenters. The molecule has 12 heteroatoms. The van der Waals surface area contributed by atoms with E-state index in [1.54, 1.807) is 47.5 Å². The maximum atomic E-state index is 13.3. The summed E-state index contributed by atoms with van der Waals surface area (Å²) in [5, 5.41) is 22.4. The molecule has 1 aromatic carbocycles. The highest BCUT2D eigenvalue weighted by molar-refractivity contribution is 6.31. The van der Waals surface area contributed by atoms with Crippen LogP contribution in [0.25, 0.3) is 16.9 Å². The summed E-state index contributed by atoms with van der Waals surface area (Å²) in [7, 11) is 1.53. The Balaban J connectivity index is 1.60. The number of aliphatic hydroxyl groups excluding tert-OH is 1. The number of nitrogens with zero attached hydrogens (tertiary/aromatic N) is 5. The fourth-order valence-corrected chi connectivity index (χ4v) is 3.98. The molecule has 1 amide bonds. The van der Waals surface area contributed by atoms with Crippen LogP contribution < -0.4 is 15.8 Å². The van der Waals surface area contributed by atoms with Crippen LogP contribution in [0.2, 0.25) is 5.02 Å². The molecular formula is C21H20ClN7O4. The van der Waals surface area contributed by atoms with Gasteiger partial charge in [0.2, 0.25) is 0 Å². The lowest BCUT2D eigenvalue weighted by Gasteiger charge is -2.12. The lowest BCUT2D eigenvalue weighted by molar-refractivity contribution is 0.102. The Labute approximate surface area is 192 Å². The number of hydrogen-bond acceptors (Lipinski definition) is 8. The van der Waals surface area contributed by atoms with Gasteiger partial charge < -0.3 is 25.6 Å². The standard InChI is InChI=1S/C21H20ClN7O4/c1-32-16-4-3-11(22)7-12(16)18-13(8-29(26-18)14-9-33-10-15(14)30)25-21(31)17-19(23)27-28-6-2-5-24-20(17)28/h2-8,14-15,30H,9-10H2,1H3,(H2,23,27)(H,25,31).